The van der Waals surface area contributed by atoms with Crippen molar-refractivity contribution in [1.82, 2.24) is 5.32 Å². The number of esters is 1. The molecule has 1 amide bonds. The van der Waals surface area contributed by atoms with Gasteiger partial charge in [-0.15, -0.1) is 0 Å². The molecular weight excluding hydrogens is 251 g/mol. The number of rotatable bonds is 5. The van der Waals surface area contributed by atoms with Crippen LogP contribution < -0.4 is 11.1 Å². The lowest BCUT2D eigenvalue weighted by Gasteiger charge is -2.13. The van der Waals surface area contributed by atoms with Crippen LogP contribution in [0.25, 0.3) is 0 Å². The van der Waals surface area contributed by atoms with Gasteiger partial charge < -0.3 is 15.8 Å². The van der Waals surface area contributed by atoms with Crippen molar-refractivity contribution in [3.8, 4) is 0 Å². The summed E-state index contributed by atoms with van der Waals surface area (Å²) in [6.07, 6.45) is -0.144. The summed E-state index contributed by atoms with van der Waals surface area (Å²) >= 11 is 0. The second kappa shape index (κ2) is 6.72. The summed E-state index contributed by atoms with van der Waals surface area (Å²) in [4.78, 5) is 23.2. The molecule has 0 aliphatic heterocycles. The first kappa shape index (κ1) is 14.9. The molecule has 1 aromatic carbocycles. The van der Waals surface area contributed by atoms with Gasteiger partial charge in [-0.2, -0.15) is 0 Å². The predicted molar refractivity (Wildman–Crippen MR) is 69.0 cm³/mol. The summed E-state index contributed by atoms with van der Waals surface area (Å²) in [5.74, 6) is -1.85. The Hall–Kier alpha value is -2.11. The molecule has 6 heteroatoms. The van der Waals surface area contributed by atoms with Crippen LogP contribution in [0.1, 0.15) is 30.6 Å². The summed E-state index contributed by atoms with van der Waals surface area (Å²) < 4.78 is 18.1. The number of ether oxygens (including phenoxy) is 1. The molecule has 5 nitrogen and oxygen atoms in total. The molecule has 0 saturated carbocycles. The fraction of sp³-hybridized carbons (Fsp3) is 0.385. The number of anilines is 1. The largest absolute Gasteiger partial charge is 0.449 e. The molecule has 0 aliphatic carbocycles. The van der Waals surface area contributed by atoms with Crippen molar-refractivity contribution in [2.75, 3.05) is 12.3 Å². The lowest BCUT2D eigenvalue weighted by Crippen LogP contribution is -2.36. The Labute approximate surface area is 110 Å². The van der Waals surface area contributed by atoms with E-state index in [9.17, 15) is 14.0 Å². The van der Waals surface area contributed by atoms with Crippen LogP contribution in [0.3, 0.4) is 0 Å². The van der Waals surface area contributed by atoms with Gasteiger partial charge >= 0.3 is 5.97 Å². The van der Waals surface area contributed by atoms with E-state index < -0.39 is 17.9 Å². The number of hydrogen-bond acceptors (Lipinski definition) is 4. The van der Waals surface area contributed by atoms with Crippen molar-refractivity contribution in [2.45, 2.75) is 26.4 Å². The van der Waals surface area contributed by atoms with Crippen LogP contribution >= 0.6 is 0 Å². The molecule has 1 aromatic rings. The predicted octanol–water partition coefficient (Wildman–Crippen LogP) is 1.48. The zero-order valence-electron chi connectivity index (χ0n) is 10.9. The Balaban J connectivity index is 2.63. The van der Waals surface area contributed by atoms with E-state index in [-0.39, 0.29) is 17.2 Å². The summed E-state index contributed by atoms with van der Waals surface area (Å²) in [6, 6.07) is 3.60. The highest BCUT2D eigenvalue weighted by atomic mass is 19.1. The van der Waals surface area contributed by atoms with Gasteiger partial charge in [0.05, 0.1) is 11.3 Å². The van der Waals surface area contributed by atoms with Crippen molar-refractivity contribution in [3.63, 3.8) is 0 Å². The van der Waals surface area contributed by atoms with Crippen molar-refractivity contribution in [2.24, 2.45) is 0 Å². The maximum atomic E-state index is 13.2. The Morgan fingerprint density at radius 3 is 2.74 bits per heavy atom. The standard InChI is InChI=1S/C13H17FN2O3/c1-3-6-16-12(17)8(2)19-13(18)9-4-5-11(15)10(14)7-9/h4-5,7-8H,3,6,15H2,1-2H3,(H,16,17). The van der Waals surface area contributed by atoms with Gasteiger partial charge in [0.1, 0.15) is 5.82 Å². The van der Waals surface area contributed by atoms with Crippen molar-refractivity contribution in [3.05, 3.63) is 29.6 Å². The maximum absolute atomic E-state index is 13.2. The van der Waals surface area contributed by atoms with Gasteiger partial charge in [0, 0.05) is 6.54 Å². The molecule has 1 atom stereocenters. The minimum absolute atomic E-state index is 0.0156. The van der Waals surface area contributed by atoms with E-state index >= 15 is 0 Å². The summed E-state index contributed by atoms with van der Waals surface area (Å²) in [5, 5.41) is 2.60. The number of halogens is 1. The number of hydrogen-bond donors (Lipinski definition) is 2. The molecule has 0 heterocycles. The first-order valence-electron chi connectivity index (χ1n) is 5.99. The highest BCUT2D eigenvalue weighted by Crippen LogP contribution is 2.13. The number of nitrogen functional groups attached to an aromatic ring is 1. The monoisotopic (exact) mass is 268 g/mol. The van der Waals surface area contributed by atoms with E-state index in [2.05, 4.69) is 5.32 Å². The van der Waals surface area contributed by atoms with Crippen LogP contribution in [-0.4, -0.2) is 24.5 Å². The Morgan fingerprint density at radius 1 is 1.47 bits per heavy atom. The van der Waals surface area contributed by atoms with Gasteiger partial charge in [0.25, 0.3) is 5.91 Å². The second-order valence-corrected chi connectivity index (χ2v) is 4.07. The Bertz CT molecular complexity index is 477. The molecule has 0 aromatic heterocycles. The van der Waals surface area contributed by atoms with Crippen LogP contribution in [0.15, 0.2) is 18.2 Å². The molecule has 104 valence electrons. The van der Waals surface area contributed by atoms with E-state index in [0.717, 1.165) is 12.5 Å². The van der Waals surface area contributed by atoms with Crippen molar-refractivity contribution >= 4 is 17.6 Å². The van der Waals surface area contributed by atoms with Gasteiger partial charge in [-0.25, -0.2) is 9.18 Å². The van der Waals surface area contributed by atoms with Crippen LogP contribution in [0, 0.1) is 5.82 Å². The molecule has 0 bridgehead atoms. The van der Waals surface area contributed by atoms with Gasteiger partial charge in [-0.05, 0) is 31.5 Å². The molecule has 0 radical (unpaired) electrons. The van der Waals surface area contributed by atoms with Crippen LogP contribution in [-0.2, 0) is 9.53 Å². The molecular formula is C13H17FN2O3. The SMILES string of the molecule is CCCNC(=O)C(C)OC(=O)c1ccc(N)c(F)c1. The third-order valence-electron chi connectivity index (χ3n) is 2.44. The summed E-state index contributed by atoms with van der Waals surface area (Å²) in [7, 11) is 0. The molecule has 1 rings (SSSR count). The average Bonchev–Trinajstić information content (AvgIpc) is 2.38. The minimum atomic E-state index is -0.931. The lowest BCUT2D eigenvalue weighted by atomic mass is 10.2. The molecule has 19 heavy (non-hydrogen) atoms. The third kappa shape index (κ3) is 4.24. The number of carbonyl (C=O) groups excluding carboxylic acids is 2. The number of benzene rings is 1. The maximum Gasteiger partial charge on any atom is 0.339 e. The molecule has 0 spiro atoms. The Kier molecular flexibility index (Phi) is 5.29. The molecule has 1 unspecified atom stereocenters. The van der Waals surface area contributed by atoms with E-state index in [1.807, 2.05) is 6.92 Å². The topological polar surface area (TPSA) is 81.4 Å². The summed E-state index contributed by atoms with van der Waals surface area (Å²) in [5.41, 5.74) is 5.27. The van der Waals surface area contributed by atoms with Gasteiger partial charge in [-0.1, -0.05) is 6.92 Å². The second-order valence-electron chi connectivity index (χ2n) is 4.07. The number of nitrogens with two attached hydrogens (primary N) is 1. The fourth-order valence-corrected chi connectivity index (χ4v) is 1.33. The Morgan fingerprint density at radius 2 is 2.16 bits per heavy atom. The fourth-order valence-electron chi connectivity index (χ4n) is 1.33. The number of amides is 1. The molecule has 0 aliphatic rings. The third-order valence-corrected chi connectivity index (χ3v) is 2.44. The first-order chi connectivity index (χ1) is 8.95. The van der Waals surface area contributed by atoms with E-state index in [0.29, 0.717) is 6.54 Å². The zero-order chi connectivity index (χ0) is 14.4. The first-order valence-corrected chi connectivity index (χ1v) is 5.99. The highest BCUT2D eigenvalue weighted by molar-refractivity contribution is 5.92. The van der Waals surface area contributed by atoms with Crippen molar-refractivity contribution in [1.29, 1.82) is 0 Å². The number of carbonyl (C=O) groups is 2. The van der Waals surface area contributed by atoms with Crippen LogP contribution in [0.5, 0.6) is 0 Å². The smallest absolute Gasteiger partial charge is 0.339 e. The van der Waals surface area contributed by atoms with E-state index in [1.54, 1.807) is 0 Å². The van der Waals surface area contributed by atoms with Crippen LogP contribution in [0.2, 0.25) is 0 Å². The van der Waals surface area contributed by atoms with Crippen LogP contribution in [0.4, 0.5) is 10.1 Å². The van der Waals surface area contributed by atoms with Crippen molar-refractivity contribution < 1.29 is 18.7 Å². The van der Waals surface area contributed by atoms with Gasteiger partial charge in [-0.3, -0.25) is 4.79 Å². The summed E-state index contributed by atoms with van der Waals surface area (Å²) in [6.45, 7) is 3.88. The van der Waals surface area contributed by atoms with E-state index in [4.69, 9.17) is 10.5 Å². The number of nitrogens with one attached hydrogen (secondary N) is 1. The lowest BCUT2D eigenvalue weighted by molar-refractivity contribution is -0.129. The molecule has 3 N–H and O–H groups in total. The quantitative estimate of drug-likeness (QED) is 0.626. The van der Waals surface area contributed by atoms with Gasteiger partial charge in [0.2, 0.25) is 0 Å². The molecule has 0 fully saturated rings. The normalized spacial score (nSPS) is 11.7. The minimum Gasteiger partial charge on any atom is -0.449 e. The zero-order valence-corrected chi connectivity index (χ0v) is 10.9. The average molecular weight is 268 g/mol. The molecule has 0 saturated heterocycles. The van der Waals surface area contributed by atoms with Gasteiger partial charge in [0.15, 0.2) is 6.10 Å². The van der Waals surface area contributed by atoms with E-state index in [1.165, 1.54) is 19.1 Å². The highest BCUT2D eigenvalue weighted by Gasteiger charge is 2.18.